The Labute approximate surface area is 452 Å². The van der Waals surface area contributed by atoms with Crippen LogP contribution in [0.3, 0.4) is 0 Å². The van der Waals surface area contributed by atoms with Gasteiger partial charge in [-0.2, -0.15) is 13.2 Å². The van der Waals surface area contributed by atoms with Gasteiger partial charge in [-0.15, -0.1) is 11.8 Å². The van der Waals surface area contributed by atoms with E-state index in [9.17, 15) is 50.1 Å². The third-order valence-corrected chi connectivity index (χ3v) is 18.1. The minimum absolute atomic E-state index is 0.0259. The molecule has 0 bridgehead atoms. The Kier molecular flexibility index (Phi) is 18.0. The normalized spacial score (nSPS) is 16.0. The number of carboxylic acids is 1. The zero-order valence-corrected chi connectivity index (χ0v) is 45.9. The van der Waals surface area contributed by atoms with Gasteiger partial charge in [0.15, 0.2) is 0 Å². The van der Waals surface area contributed by atoms with Gasteiger partial charge in [-0.3, -0.25) is 4.52 Å². The summed E-state index contributed by atoms with van der Waals surface area (Å²) in [5.41, 5.74) is 0.193. The van der Waals surface area contributed by atoms with Crippen LogP contribution in [0.4, 0.5) is 35.9 Å². The fourth-order valence-corrected chi connectivity index (χ4v) is 13.4. The molecule has 5 aromatic carbocycles. The van der Waals surface area contributed by atoms with Crippen molar-refractivity contribution in [1.82, 2.24) is 9.47 Å². The van der Waals surface area contributed by atoms with Gasteiger partial charge in [-0.25, -0.2) is 22.0 Å². The highest BCUT2D eigenvalue weighted by Gasteiger charge is 2.48. The third kappa shape index (κ3) is 13.7. The number of aromatic nitrogens is 1. The molecule has 0 radical (unpaired) electrons. The quantitative estimate of drug-likeness (QED) is 0.0358. The summed E-state index contributed by atoms with van der Waals surface area (Å²) < 4.78 is 104. The van der Waals surface area contributed by atoms with E-state index < -0.39 is 57.2 Å². The summed E-state index contributed by atoms with van der Waals surface area (Å²) in [6, 6.07) is 34.4. The maximum absolute atomic E-state index is 14.3. The molecular formula is C53H59ClF3N6O9PS3. The number of piperidine rings is 1. The molecule has 2 fully saturated rings. The van der Waals surface area contributed by atoms with E-state index in [1.807, 2.05) is 99.6 Å². The van der Waals surface area contributed by atoms with E-state index in [1.54, 1.807) is 24.3 Å². The summed E-state index contributed by atoms with van der Waals surface area (Å²) in [7, 11) is -12.8. The standard InChI is InChI=1S/C53H59ClF3N6O9PS3/c1-35(2)63-36(3)49(52(64)65)50(51(63)37-12-14-39(54)15-13-37)38-8-7-9-43(32-38)62-30-28-61(29-31-62)42-18-16-40(17-19-42)59-75(69)46-20-21-47(48(33-46)76(70,71)53(55,56)57)58-41(34-74-45-10-5-4-6-11-45)22-25-60-26-23-44(24-27-60)72-73(66,67)68/h4-21,32-33,35,41,44,58-59H,22-31,34H2,1-3H3,(H,64,65)(H2,66,67,68)/t41-,75?/m1/s1. The van der Waals surface area contributed by atoms with Gasteiger partial charge < -0.3 is 44.2 Å². The zero-order chi connectivity index (χ0) is 54.5. The van der Waals surface area contributed by atoms with Crippen molar-refractivity contribution in [2.45, 2.75) is 78.4 Å². The van der Waals surface area contributed by atoms with E-state index in [0.717, 1.165) is 39.2 Å². The molecule has 2 saturated heterocycles. The Balaban J connectivity index is 0.943. The van der Waals surface area contributed by atoms with Crippen molar-refractivity contribution in [2.24, 2.45) is 0 Å². The minimum atomic E-state index is -5.94. The predicted molar refractivity (Wildman–Crippen MR) is 295 cm³/mol. The van der Waals surface area contributed by atoms with Crippen LogP contribution in [0, 0.1) is 6.92 Å². The molecule has 2 aliphatic heterocycles. The Hall–Kier alpha value is -5.35. The van der Waals surface area contributed by atoms with Gasteiger partial charge >= 0.3 is 19.3 Å². The molecule has 15 nitrogen and oxygen atoms in total. The number of sulfone groups is 1. The molecule has 1 unspecified atom stereocenters. The molecule has 2 atom stereocenters. The van der Waals surface area contributed by atoms with Crippen molar-refractivity contribution in [2.75, 3.05) is 71.4 Å². The summed E-state index contributed by atoms with van der Waals surface area (Å²) in [5.74, 6) is -0.666. The number of nitrogens with zero attached hydrogens (tertiary/aromatic N) is 4. The van der Waals surface area contributed by atoms with Gasteiger partial charge in [-0.1, -0.05) is 54.1 Å². The first kappa shape index (κ1) is 56.8. The van der Waals surface area contributed by atoms with E-state index in [0.29, 0.717) is 92.8 Å². The second kappa shape index (κ2) is 24.1. The van der Waals surface area contributed by atoms with E-state index in [4.69, 9.17) is 16.1 Å². The number of likely N-dealkylation sites (tertiary alicyclic amines) is 1. The van der Waals surface area contributed by atoms with E-state index >= 15 is 0 Å². The summed E-state index contributed by atoms with van der Waals surface area (Å²) >= 11 is 7.70. The van der Waals surface area contributed by atoms with Gasteiger partial charge in [0.1, 0.15) is 15.9 Å². The van der Waals surface area contributed by atoms with Crippen LogP contribution in [0.25, 0.3) is 22.4 Å². The number of rotatable bonds is 20. The van der Waals surface area contributed by atoms with Crippen LogP contribution in [0.2, 0.25) is 5.02 Å². The Bertz CT molecular complexity index is 3190. The minimum Gasteiger partial charge on any atom is -0.478 e. The molecule has 76 heavy (non-hydrogen) atoms. The highest BCUT2D eigenvalue weighted by Crippen LogP contribution is 2.44. The summed E-state index contributed by atoms with van der Waals surface area (Å²) in [6.07, 6.45) is 0.494. The average molecular weight is 1140 g/mol. The number of phosphoric ester groups is 1. The molecule has 0 spiro atoms. The number of piperazine rings is 1. The SMILES string of the molecule is Cc1c(C(=O)O)c(-c2cccc(N3CCN(c4ccc(NS(=O)c5ccc(N[C@H](CCN6CCC(OP(=O)(O)O)CC6)CSc6ccccc6)c(S(=O)(=O)C(F)(F)F)c5)cc4)CC3)c2)c(-c2ccc(Cl)cc2)n1C(C)C. The lowest BCUT2D eigenvalue weighted by atomic mass is 9.96. The number of carboxylic acid groups (broad SMARTS) is 1. The smallest absolute Gasteiger partial charge is 0.478 e. The molecule has 6 aromatic rings. The number of halogens is 4. The van der Waals surface area contributed by atoms with Crippen molar-refractivity contribution in [3.05, 3.63) is 138 Å². The molecule has 2 aliphatic rings. The lowest BCUT2D eigenvalue weighted by Gasteiger charge is -2.37. The van der Waals surface area contributed by atoms with Gasteiger partial charge in [0.05, 0.1) is 27.9 Å². The summed E-state index contributed by atoms with van der Waals surface area (Å²) in [5, 5.41) is 14.2. The topological polar surface area (TPSA) is 194 Å². The van der Waals surface area contributed by atoms with E-state index in [2.05, 4.69) is 29.3 Å². The number of aromatic carboxylic acids is 1. The molecular weight excluding hydrogens is 1080 g/mol. The lowest BCUT2D eigenvalue weighted by Crippen LogP contribution is -2.46. The van der Waals surface area contributed by atoms with Gasteiger partial charge in [-0.05, 0) is 130 Å². The Morgan fingerprint density at radius 2 is 1.50 bits per heavy atom. The molecule has 0 aliphatic carbocycles. The number of hydrogen-bond acceptors (Lipinski definition) is 11. The first-order valence-electron chi connectivity index (χ1n) is 24.5. The summed E-state index contributed by atoms with van der Waals surface area (Å²) in [4.78, 5) is 37.5. The number of anilines is 4. The first-order valence-corrected chi connectivity index (χ1v) is 30.1. The molecule has 3 heterocycles. The maximum atomic E-state index is 14.3. The third-order valence-electron chi connectivity index (χ3n) is 13.5. The van der Waals surface area contributed by atoms with Crippen LogP contribution in [0.1, 0.15) is 55.2 Å². The number of hydrogen-bond donors (Lipinski definition) is 5. The second-order valence-electron chi connectivity index (χ2n) is 18.9. The maximum Gasteiger partial charge on any atom is 0.501 e. The predicted octanol–water partition coefficient (Wildman–Crippen LogP) is 11.4. The average Bonchev–Trinajstić information content (AvgIpc) is 3.75. The van der Waals surface area contributed by atoms with Crippen LogP contribution >= 0.6 is 31.2 Å². The number of benzene rings is 5. The van der Waals surface area contributed by atoms with Crippen molar-refractivity contribution >= 4 is 80.7 Å². The fraction of sp³-hybridized carbons (Fsp3) is 0.340. The van der Waals surface area contributed by atoms with E-state index in [1.165, 1.54) is 23.9 Å². The number of alkyl halides is 3. The zero-order valence-electron chi connectivity index (χ0n) is 41.8. The highest BCUT2D eigenvalue weighted by molar-refractivity contribution is 7.99. The first-order chi connectivity index (χ1) is 36.1. The molecule has 0 saturated carbocycles. The van der Waals surface area contributed by atoms with Crippen LogP contribution in [0.15, 0.2) is 136 Å². The largest absolute Gasteiger partial charge is 0.501 e. The van der Waals surface area contributed by atoms with Crippen LogP contribution < -0.4 is 19.8 Å². The molecule has 0 amide bonds. The monoisotopic (exact) mass is 1140 g/mol. The Morgan fingerprint density at radius 3 is 2.11 bits per heavy atom. The number of carbonyl (C=O) groups is 1. The van der Waals surface area contributed by atoms with Crippen molar-refractivity contribution in [3.8, 4) is 22.4 Å². The second-order valence-corrected chi connectivity index (χ2v) is 24.7. The van der Waals surface area contributed by atoms with Gasteiger partial charge in [0.2, 0.25) is 0 Å². The number of thioether (sulfide) groups is 1. The molecule has 8 rings (SSSR count). The van der Waals surface area contributed by atoms with Crippen molar-refractivity contribution < 1.29 is 54.6 Å². The highest BCUT2D eigenvalue weighted by atomic mass is 35.5. The summed E-state index contributed by atoms with van der Waals surface area (Å²) in [6.45, 7) is 9.84. The van der Waals surface area contributed by atoms with Gasteiger partial charge in [0.25, 0.3) is 9.84 Å². The number of phosphoric acid groups is 1. The van der Waals surface area contributed by atoms with Gasteiger partial charge in [0, 0.05) is 102 Å². The van der Waals surface area contributed by atoms with Crippen LogP contribution in [-0.4, -0.2) is 112 Å². The number of nitrogens with one attached hydrogen (secondary N) is 2. The van der Waals surface area contributed by atoms with Crippen LogP contribution in [-0.2, 0) is 29.9 Å². The van der Waals surface area contributed by atoms with Crippen molar-refractivity contribution in [1.29, 1.82) is 0 Å². The molecule has 406 valence electrons. The molecule has 23 heteroatoms. The van der Waals surface area contributed by atoms with E-state index in [-0.39, 0.29) is 22.2 Å². The van der Waals surface area contributed by atoms with Crippen LogP contribution in [0.5, 0.6) is 0 Å². The molecule has 5 N–H and O–H groups in total. The fourth-order valence-electron chi connectivity index (χ4n) is 9.76. The lowest BCUT2D eigenvalue weighted by molar-refractivity contribution is -0.0436. The Morgan fingerprint density at radius 1 is 0.855 bits per heavy atom. The van der Waals surface area contributed by atoms with Crippen molar-refractivity contribution in [3.63, 3.8) is 0 Å². The molecule has 1 aromatic heterocycles.